The average Bonchev–Trinajstić information content (AvgIpc) is 3.64. The molecule has 5 aromatic rings. The van der Waals surface area contributed by atoms with E-state index in [-0.39, 0.29) is 12.2 Å². The van der Waals surface area contributed by atoms with E-state index in [1.807, 2.05) is 60.0 Å². The van der Waals surface area contributed by atoms with Gasteiger partial charge in [-0.1, -0.05) is 59.3 Å². The molecule has 6 nitrogen and oxygen atoms in total. The largest absolute Gasteiger partial charge is 0.463 e. The van der Waals surface area contributed by atoms with E-state index in [1.165, 1.54) is 22.7 Å². The van der Waals surface area contributed by atoms with E-state index in [0.29, 0.717) is 32.2 Å². The molecule has 0 unspecified atom stereocenters. The second-order valence-electron chi connectivity index (χ2n) is 9.55. The van der Waals surface area contributed by atoms with Gasteiger partial charge in [-0.3, -0.25) is 9.36 Å². The summed E-state index contributed by atoms with van der Waals surface area (Å²) in [5.74, 6) is -0.447. The van der Waals surface area contributed by atoms with Crippen molar-refractivity contribution < 1.29 is 9.53 Å². The van der Waals surface area contributed by atoms with Crippen molar-refractivity contribution in [1.29, 1.82) is 0 Å². The van der Waals surface area contributed by atoms with Gasteiger partial charge in [0.1, 0.15) is 6.04 Å². The molecule has 0 bridgehead atoms. The Bertz CT molecular complexity index is 1960. The number of thiazole rings is 1. The number of allylic oxidation sites excluding steroid dienone is 1. The number of hydrogen-bond acceptors (Lipinski definition) is 6. The first-order chi connectivity index (χ1) is 19.4. The number of thiophene rings is 1. The molecule has 0 spiro atoms. The van der Waals surface area contributed by atoms with Crippen LogP contribution >= 0.6 is 34.3 Å². The molecule has 202 valence electrons. The molecule has 1 aliphatic heterocycles. The fourth-order valence-electron chi connectivity index (χ4n) is 5.25. The zero-order chi connectivity index (χ0) is 28.0. The Morgan fingerprint density at radius 2 is 1.88 bits per heavy atom. The van der Waals surface area contributed by atoms with Crippen molar-refractivity contribution >= 4 is 57.2 Å². The minimum Gasteiger partial charge on any atom is -0.463 e. The highest BCUT2D eigenvalue weighted by molar-refractivity contribution is 7.10. The molecule has 1 aliphatic rings. The van der Waals surface area contributed by atoms with E-state index < -0.39 is 12.0 Å². The number of fused-ring (bicyclic) bond motifs is 2. The maximum Gasteiger partial charge on any atom is 0.338 e. The van der Waals surface area contributed by atoms with Gasteiger partial charge in [-0.2, -0.15) is 0 Å². The number of hydrogen-bond donors (Lipinski definition) is 0. The molecule has 4 heterocycles. The number of carbonyl (C=O) groups is 1. The van der Waals surface area contributed by atoms with Gasteiger partial charge in [-0.25, -0.2) is 9.79 Å². The zero-order valence-electron chi connectivity index (χ0n) is 22.2. The summed E-state index contributed by atoms with van der Waals surface area (Å²) in [6.45, 7) is 6.58. The first-order valence-corrected chi connectivity index (χ1v) is 15.0. The Labute approximate surface area is 243 Å². The number of carbonyl (C=O) groups excluding carboxylic acids is 1. The molecule has 0 N–H and O–H groups in total. The van der Waals surface area contributed by atoms with Gasteiger partial charge < -0.3 is 9.30 Å². The third kappa shape index (κ3) is 4.56. The van der Waals surface area contributed by atoms with E-state index in [0.717, 1.165) is 32.6 Å². The summed E-state index contributed by atoms with van der Waals surface area (Å²) in [5, 5.41) is 3.72. The van der Waals surface area contributed by atoms with Crippen molar-refractivity contribution in [2.75, 3.05) is 6.61 Å². The lowest BCUT2D eigenvalue weighted by molar-refractivity contribution is -0.139. The van der Waals surface area contributed by atoms with Crippen molar-refractivity contribution in [2.24, 2.45) is 4.99 Å². The van der Waals surface area contributed by atoms with Crippen LogP contribution in [0.1, 0.15) is 41.6 Å². The summed E-state index contributed by atoms with van der Waals surface area (Å²) in [4.78, 5) is 33.2. The van der Waals surface area contributed by atoms with E-state index in [9.17, 15) is 9.59 Å². The molecule has 0 saturated heterocycles. The molecule has 6 rings (SSSR count). The number of benzene rings is 2. The standard InChI is InChI=1S/C31H26ClN3O3S2/c1-4-38-30(37)27-18(2)33-31-35(28(27)25-10-7-15-39-25)29(36)26(40-31)16-23-19(3)34(24-9-6-5-8-22(23)24)17-20-11-13-21(32)14-12-20/h5-16,28H,4,17H2,1-3H3/b26-16-/t28-/m1/s1. The second kappa shape index (κ2) is 10.7. The topological polar surface area (TPSA) is 65.6 Å². The van der Waals surface area contributed by atoms with Crippen LogP contribution in [0.15, 0.2) is 87.1 Å². The smallest absolute Gasteiger partial charge is 0.338 e. The normalized spacial score (nSPS) is 15.4. The Kier molecular flexibility index (Phi) is 7.08. The molecule has 0 radical (unpaired) electrons. The molecule has 40 heavy (non-hydrogen) atoms. The number of halogens is 1. The fraction of sp³-hybridized carbons (Fsp3) is 0.194. The van der Waals surface area contributed by atoms with E-state index in [2.05, 4.69) is 23.6 Å². The maximum absolute atomic E-state index is 14.0. The average molecular weight is 588 g/mol. The first kappa shape index (κ1) is 26.5. The van der Waals surface area contributed by atoms with E-state index in [1.54, 1.807) is 18.4 Å². The number of esters is 1. The van der Waals surface area contributed by atoms with Crippen LogP contribution < -0.4 is 14.9 Å². The fourth-order valence-corrected chi connectivity index (χ4v) is 7.23. The van der Waals surface area contributed by atoms with Crippen LogP contribution in [-0.2, 0) is 16.1 Å². The van der Waals surface area contributed by atoms with Crippen LogP contribution in [0.2, 0.25) is 5.02 Å². The molecular weight excluding hydrogens is 562 g/mol. The summed E-state index contributed by atoms with van der Waals surface area (Å²) in [5.41, 5.74) is 5.07. The predicted molar refractivity (Wildman–Crippen MR) is 162 cm³/mol. The highest BCUT2D eigenvalue weighted by atomic mass is 35.5. The van der Waals surface area contributed by atoms with Gasteiger partial charge >= 0.3 is 5.97 Å². The third-order valence-electron chi connectivity index (χ3n) is 7.14. The van der Waals surface area contributed by atoms with Crippen molar-refractivity contribution in [3.05, 3.63) is 124 Å². The van der Waals surface area contributed by atoms with E-state index in [4.69, 9.17) is 21.3 Å². The Morgan fingerprint density at radius 3 is 2.60 bits per heavy atom. The molecule has 2 aromatic carbocycles. The molecule has 3 aromatic heterocycles. The van der Waals surface area contributed by atoms with Gasteiger partial charge in [0, 0.05) is 38.6 Å². The maximum atomic E-state index is 14.0. The van der Waals surface area contributed by atoms with Gasteiger partial charge in [-0.15, -0.1) is 11.3 Å². The number of nitrogens with zero attached hydrogens (tertiary/aromatic N) is 3. The summed E-state index contributed by atoms with van der Waals surface area (Å²) >= 11 is 8.96. The first-order valence-electron chi connectivity index (χ1n) is 12.9. The van der Waals surface area contributed by atoms with Crippen molar-refractivity contribution in [2.45, 2.75) is 33.4 Å². The van der Waals surface area contributed by atoms with Crippen molar-refractivity contribution in [3.63, 3.8) is 0 Å². The lowest BCUT2D eigenvalue weighted by atomic mass is 10.0. The molecule has 0 fully saturated rings. The van der Waals surface area contributed by atoms with Crippen LogP contribution in [-0.4, -0.2) is 21.7 Å². The molecule has 0 saturated carbocycles. The Balaban J connectivity index is 1.53. The van der Waals surface area contributed by atoms with Crippen molar-refractivity contribution in [1.82, 2.24) is 9.13 Å². The lowest BCUT2D eigenvalue weighted by Gasteiger charge is -2.23. The quantitative estimate of drug-likeness (QED) is 0.235. The van der Waals surface area contributed by atoms with Crippen LogP contribution in [0.3, 0.4) is 0 Å². The highest BCUT2D eigenvalue weighted by Crippen LogP contribution is 2.33. The van der Waals surface area contributed by atoms with Gasteiger partial charge in [0.15, 0.2) is 4.80 Å². The van der Waals surface area contributed by atoms with Gasteiger partial charge in [-0.05, 0) is 62.1 Å². The summed E-state index contributed by atoms with van der Waals surface area (Å²) in [7, 11) is 0. The lowest BCUT2D eigenvalue weighted by Crippen LogP contribution is -2.39. The molecule has 1 atom stereocenters. The van der Waals surface area contributed by atoms with Crippen LogP contribution in [0.5, 0.6) is 0 Å². The zero-order valence-corrected chi connectivity index (χ0v) is 24.6. The minimum absolute atomic E-state index is 0.176. The molecule has 0 amide bonds. The van der Waals surface area contributed by atoms with Crippen LogP contribution in [0.4, 0.5) is 0 Å². The van der Waals surface area contributed by atoms with Crippen LogP contribution in [0, 0.1) is 6.92 Å². The van der Waals surface area contributed by atoms with Gasteiger partial charge in [0.25, 0.3) is 5.56 Å². The highest BCUT2D eigenvalue weighted by Gasteiger charge is 2.34. The predicted octanol–water partition coefficient (Wildman–Crippen LogP) is 5.82. The Morgan fingerprint density at radius 1 is 1.10 bits per heavy atom. The summed E-state index contributed by atoms with van der Waals surface area (Å²) in [6, 6.07) is 19.4. The van der Waals surface area contributed by atoms with Crippen LogP contribution in [0.25, 0.3) is 17.0 Å². The molecule has 9 heteroatoms. The summed E-state index contributed by atoms with van der Waals surface area (Å²) in [6.07, 6.45) is 1.97. The van der Waals surface area contributed by atoms with Gasteiger partial charge in [0.05, 0.1) is 22.4 Å². The number of para-hydroxylation sites is 1. The number of ether oxygens (including phenoxy) is 1. The third-order valence-corrected chi connectivity index (χ3v) is 9.30. The number of rotatable bonds is 6. The minimum atomic E-state index is -0.579. The Hall–Kier alpha value is -3.72. The van der Waals surface area contributed by atoms with Gasteiger partial charge in [0.2, 0.25) is 0 Å². The molecule has 0 aliphatic carbocycles. The van der Waals surface area contributed by atoms with E-state index >= 15 is 0 Å². The SMILES string of the molecule is CCOC(=O)C1=C(C)N=c2s/c(=C\c3c(C)n(Cc4ccc(Cl)cc4)c4ccccc34)c(=O)n2[C@@H]1c1cccs1. The molecular formula is C31H26ClN3O3S2. The summed E-state index contributed by atoms with van der Waals surface area (Å²) < 4.78 is 9.85. The second-order valence-corrected chi connectivity index (χ2v) is 12.0. The van der Waals surface area contributed by atoms with Crippen molar-refractivity contribution in [3.8, 4) is 0 Å². The number of aromatic nitrogens is 2. The monoisotopic (exact) mass is 587 g/mol.